The molecule has 0 fully saturated rings. The average Bonchev–Trinajstić information content (AvgIpc) is 3.47. The number of carbonyl (C=O) groups excluding carboxylic acids is 2. The average molecular weight is 543 g/mol. The number of benzene rings is 2. The summed E-state index contributed by atoms with van der Waals surface area (Å²) in [7, 11) is 1.58. The summed E-state index contributed by atoms with van der Waals surface area (Å²) in [6.07, 6.45) is 2.28. The molecule has 39 heavy (non-hydrogen) atoms. The fourth-order valence-electron chi connectivity index (χ4n) is 4.46. The van der Waals surface area contributed by atoms with Gasteiger partial charge in [-0.05, 0) is 67.8 Å². The third-order valence-corrected chi connectivity index (χ3v) is 7.44. The standard InChI is InChI=1S/C30H30N4O4S/c1-5-20-9-6-8-18(2)28(20)34-29(36)26-19(3)32-30(23(16-31)27(26)24-10-7-15-38-24)39-17-25(35)33-21-11-13-22(37-4)14-12-21/h6-15,27,32H,5,17H2,1-4H3,(H,33,35)(H,34,36)/t27-/m1/s1. The number of nitrogens with zero attached hydrogens (tertiary/aromatic N) is 1. The Balaban J connectivity index is 1.59. The van der Waals surface area contributed by atoms with E-state index in [0.717, 1.165) is 23.2 Å². The van der Waals surface area contributed by atoms with Crippen LogP contribution in [0.4, 0.5) is 11.4 Å². The fourth-order valence-corrected chi connectivity index (χ4v) is 5.35. The van der Waals surface area contributed by atoms with E-state index >= 15 is 0 Å². The van der Waals surface area contributed by atoms with Gasteiger partial charge in [0, 0.05) is 17.1 Å². The largest absolute Gasteiger partial charge is 0.497 e. The number of rotatable bonds is 9. The minimum Gasteiger partial charge on any atom is -0.497 e. The number of ether oxygens (including phenoxy) is 1. The number of furan rings is 1. The van der Waals surface area contributed by atoms with Crippen LogP contribution in [0.25, 0.3) is 0 Å². The molecule has 1 aliphatic heterocycles. The zero-order valence-electron chi connectivity index (χ0n) is 22.3. The molecule has 1 aliphatic rings. The van der Waals surface area contributed by atoms with Crippen molar-refractivity contribution in [3.8, 4) is 11.8 Å². The number of aryl methyl sites for hydroxylation is 2. The molecule has 9 heteroatoms. The molecule has 4 rings (SSSR count). The van der Waals surface area contributed by atoms with E-state index in [1.54, 1.807) is 50.4 Å². The van der Waals surface area contributed by atoms with Crippen LogP contribution in [-0.2, 0) is 16.0 Å². The van der Waals surface area contributed by atoms with Crippen molar-refractivity contribution in [1.82, 2.24) is 5.32 Å². The highest BCUT2D eigenvalue weighted by Gasteiger charge is 2.36. The molecular weight excluding hydrogens is 512 g/mol. The molecule has 0 bridgehead atoms. The Morgan fingerprint density at radius 2 is 1.87 bits per heavy atom. The van der Waals surface area contributed by atoms with Crippen molar-refractivity contribution in [3.63, 3.8) is 0 Å². The summed E-state index contributed by atoms with van der Waals surface area (Å²) in [5, 5.41) is 19.8. The first-order chi connectivity index (χ1) is 18.9. The Kier molecular flexibility index (Phi) is 8.79. The van der Waals surface area contributed by atoms with Crippen LogP contribution in [0.1, 0.15) is 36.7 Å². The van der Waals surface area contributed by atoms with Crippen LogP contribution in [-0.4, -0.2) is 24.7 Å². The number of methoxy groups -OCH3 is 1. The number of para-hydroxylation sites is 1. The fraction of sp³-hybridized carbons (Fsp3) is 0.233. The first kappa shape index (κ1) is 27.6. The zero-order chi connectivity index (χ0) is 27.9. The van der Waals surface area contributed by atoms with E-state index in [1.807, 2.05) is 32.0 Å². The van der Waals surface area contributed by atoms with E-state index in [0.29, 0.717) is 39.1 Å². The lowest BCUT2D eigenvalue weighted by atomic mass is 9.85. The van der Waals surface area contributed by atoms with E-state index in [1.165, 1.54) is 18.0 Å². The Morgan fingerprint density at radius 1 is 1.10 bits per heavy atom. The molecule has 0 radical (unpaired) electrons. The topological polar surface area (TPSA) is 116 Å². The number of allylic oxidation sites excluding steroid dienone is 2. The highest BCUT2D eigenvalue weighted by atomic mass is 32.2. The van der Waals surface area contributed by atoms with Crippen molar-refractivity contribution in [1.29, 1.82) is 5.26 Å². The van der Waals surface area contributed by atoms with Gasteiger partial charge in [0.2, 0.25) is 5.91 Å². The maximum atomic E-state index is 13.7. The van der Waals surface area contributed by atoms with Crippen molar-refractivity contribution in [3.05, 3.63) is 99.6 Å². The molecule has 3 N–H and O–H groups in total. The smallest absolute Gasteiger partial charge is 0.254 e. The quantitative estimate of drug-likeness (QED) is 0.310. The summed E-state index contributed by atoms with van der Waals surface area (Å²) in [5.74, 6) is -0.0617. The van der Waals surface area contributed by atoms with E-state index in [9.17, 15) is 14.9 Å². The summed E-state index contributed by atoms with van der Waals surface area (Å²) in [6.45, 7) is 5.77. The Bertz CT molecular complexity index is 1470. The van der Waals surface area contributed by atoms with Crippen LogP contribution in [0.3, 0.4) is 0 Å². The lowest BCUT2D eigenvalue weighted by Crippen LogP contribution is -2.31. The summed E-state index contributed by atoms with van der Waals surface area (Å²) < 4.78 is 10.8. The van der Waals surface area contributed by atoms with E-state index < -0.39 is 5.92 Å². The number of thioether (sulfide) groups is 1. The zero-order valence-corrected chi connectivity index (χ0v) is 23.1. The van der Waals surface area contributed by atoms with Crippen molar-refractivity contribution in [2.24, 2.45) is 0 Å². The van der Waals surface area contributed by atoms with E-state index in [2.05, 4.69) is 22.0 Å². The van der Waals surface area contributed by atoms with Crippen LogP contribution >= 0.6 is 11.8 Å². The number of nitrogens with one attached hydrogen (secondary N) is 3. The second-order valence-corrected chi connectivity index (χ2v) is 9.93. The summed E-state index contributed by atoms with van der Waals surface area (Å²) in [4.78, 5) is 26.4. The van der Waals surface area contributed by atoms with E-state index in [4.69, 9.17) is 9.15 Å². The molecule has 1 aromatic heterocycles. The van der Waals surface area contributed by atoms with Crippen LogP contribution in [0.5, 0.6) is 5.75 Å². The van der Waals surface area contributed by atoms with Gasteiger partial charge in [-0.25, -0.2) is 0 Å². The van der Waals surface area contributed by atoms with Gasteiger partial charge in [0.1, 0.15) is 11.5 Å². The number of anilines is 2. The molecule has 1 atom stereocenters. The first-order valence-corrected chi connectivity index (χ1v) is 13.5. The van der Waals surface area contributed by atoms with Gasteiger partial charge in [0.05, 0.1) is 47.3 Å². The molecule has 2 amide bonds. The summed E-state index contributed by atoms with van der Waals surface area (Å²) in [6, 6.07) is 18.7. The molecule has 2 aromatic carbocycles. The molecule has 0 saturated heterocycles. The minimum absolute atomic E-state index is 0.0578. The molecule has 0 unspecified atom stereocenters. The highest BCUT2D eigenvalue weighted by Crippen LogP contribution is 2.41. The summed E-state index contributed by atoms with van der Waals surface area (Å²) in [5.41, 5.74) is 4.66. The highest BCUT2D eigenvalue weighted by molar-refractivity contribution is 8.03. The summed E-state index contributed by atoms with van der Waals surface area (Å²) >= 11 is 1.20. The third kappa shape index (κ3) is 6.19. The molecule has 8 nitrogen and oxygen atoms in total. The number of hydrogen-bond donors (Lipinski definition) is 3. The predicted octanol–water partition coefficient (Wildman–Crippen LogP) is 5.87. The third-order valence-electron chi connectivity index (χ3n) is 6.42. The maximum Gasteiger partial charge on any atom is 0.254 e. The van der Waals surface area contributed by atoms with Crippen molar-refractivity contribution in [2.45, 2.75) is 33.1 Å². The number of amides is 2. The van der Waals surface area contributed by atoms with Crippen LogP contribution < -0.4 is 20.7 Å². The molecule has 0 saturated carbocycles. The lowest BCUT2D eigenvalue weighted by molar-refractivity contribution is -0.114. The SMILES string of the molecule is CCc1cccc(C)c1NC(=O)C1=C(C)NC(SCC(=O)Nc2ccc(OC)cc2)=C(C#N)[C@@H]1c1ccco1. The molecule has 200 valence electrons. The molecular formula is C30H30N4O4S. The number of dihydropyridines is 1. The van der Waals surface area contributed by atoms with E-state index in [-0.39, 0.29) is 17.6 Å². The van der Waals surface area contributed by atoms with Gasteiger partial charge in [-0.1, -0.05) is 36.9 Å². The first-order valence-electron chi connectivity index (χ1n) is 12.5. The second-order valence-electron chi connectivity index (χ2n) is 8.95. The van der Waals surface area contributed by atoms with Gasteiger partial charge in [0.25, 0.3) is 5.91 Å². The predicted molar refractivity (Wildman–Crippen MR) is 153 cm³/mol. The molecule has 0 aliphatic carbocycles. The number of hydrogen-bond acceptors (Lipinski definition) is 7. The van der Waals surface area contributed by atoms with Gasteiger partial charge in [0.15, 0.2) is 0 Å². The van der Waals surface area contributed by atoms with Crippen molar-refractivity contribution in [2.75, 3.05) is 23.5 Å². The van der Waals surface area contributed by atoms with Crippen LogP contribution in [0.2, 0.25) is 0 Å². The normalized spacial score (nSPS) is 14.9. The van der Waals surface area contributed by atoms with Gasteiger partial charge >= 0.3 is 0 Å². The van der Waals surface area contributed by atoms with Crippen molar-refractivity contribution < 1.29 is 18.7 Å². The Hall–Kier alpha value is -4.42. The van der Waals surface area contributed by atoms with Gasteiger partial charge in [-0.3, -0.25) is 9.59 Å². The molecule has 2 heterocycles. The minimum atomic E-state index is -0.729. The maximum absolute atomic E-state index is 13.7. The van der Waals surface area contributed by atoms with Crippen LogP contribution in [0.15, 0.2) is 87.1 Å². The van der Waals surface area contributed by atoms with Crippen LogP contribution in [0, 0.1) is 18.3 Å². The Morgan fingerprint density at radius 3 is 2.51 bits per heavy atom. The lowest BCUT2D eigenvalue weighted by Gasteiger charge is -2.28. The Labute approximate surface area is 232 Å². The second kappa shape index (κ2) is 12.4. The van der Waals surface area contributed by atoms with Gasteiger partial charge in [-0.15, -0.1) is 0 Å². The monoisotopic (exact) mass is 542 g/mol. The number of nitriles is 1. The van der Waals surface area contributed by atoms with Crippen molar-refractivity contribution >= 4 is 35.0 Å². The molecule has 3 aromatic rings. The van der Waals surface area contributed by atoms with Gasteiger partial charge in [-0.2, -0.15) is 5.26 Å². The van der Waals surface area contributed by atoms with Gasteiger partial charge < -0.3 is 25.1 Å². The number of carbonyl (C=O) groups is 2. The molecule has 0 spiro atoms.